The van der Waals surface area contributed by atoms with Crippen molar-refractivity contribution in [1.82, 2.24) is 9.21 Å². The molecule has 6 heteroatoms. The molecule has 1 aromatic rings. The molecule has 3 rings (SSSR count). The summed E-state index contributed by atoms with van der Waals surface area (Å²) >= 11 is 0. The molecule has 2 aliphatic heterocycles. The van der Waals surface area contributed by atoms with Crippen molar-refractivity contribution in [3.05, 3.63) is 29.8 Å². The van der Waals surface area contributed by atoms with Gasteiger partial charge in [0.05, 0.1) is 10.5 Å². The van der Waals surface area contributed by atoms with Crippen LogP contribution in [-0.4, -0.2) is 49.7 Å². The smallest absolute Gasteiger partial charge is 0.255 e. The monoisotopic (exact) mass is 364 g/mol. The van der Waals surface area contributed by atoms with Crippen molar-refractivity contribution in [2.45, 2.75) is 44.4 Å². The maximum atomic E-state index is 13.1. The van der Waals surface area contributed by atoms with Crippen LogP contribution < -0.4 is 0 Å². The zero-order chi connectivity index (χ0) is 18.0. The Morgan fingerprint density at radius 2 is 1.60 bits per heavy atom. The van der Waals surface area contributed by atoms with Crippen LogP contribution in [0.25, 0.3) is 0 Å². The van der Waals surface area contributed by atoms with Crippen molar-refractivity contribution in [3.8, 4) is 0 Å². The summed E-state index contributed by atoms with van der Waals surface area (Å²) in [7, 11) is -3.62. The number of piperidine rings is 2. The zero-order valence-electron chi connectivity index (χ0n) is 15.1. The molecule has 2 unspecified atom stereocenters. The topological polar surface area (TPSA) is 57.7 Å². The molecule has 2 aliphatic rings. The van der Waals surface area contributed by atoms with Crippen LogP contribution in [-0.2, 0) is 10.0 Å². The first kappa shape index (κ1) is 18.4. The fraction of sp³-hybridized carbons (Fsp3) is 0.632. The van der Waals surface area contributed by atoms with Gasteiger partial charge in [0, 0.05) is 26.2 Å². The fourth-order valence-electron chi connectivity index (χ4n) is 4.11. The predicted molar refractivity (Wildman–Crippen MR) is 97.9 cm³/mol. The van der Waals surface area contributed by atoms with Gasteiger partial charge in [-0.1, -0.05) is 32.4 Å². The summed E-state index contributed by atoms with van der Waals surface area (Å²) in [4.78, 5) is 15.1. The molecule has 2 heterocycles. The Balaban J connectivity index is 1.91. The van der Waals surface area contributed by atoms with Crippen LogP contribution in [0.4, 0.5) is 0 Å². The number of rotatable bonds is 3. The van der Waals surface area contributed by atoms with Crippen molar-refractivity contribution in [3.63, 3.8) is 0 Å². The van der Waals surface area contributed by atoms with Gasteiger partial charge in [-0.15, -0.1) is 0 Å². The number of carbonyl (C=O) groups excluding carboxylic acids is 1. The number of likely N-dealkylation sites (tertiary alicyclic amines) is 1. The van der Waals surface area contributed by atoms with Crippen LogP contribution in [0.3, 0.4) is 0 Å². The minimum absolute atomic E-state index is 0.158. The van der Waals surface area contributed by atoms with Crippen molar-refractivity contribution in [1.29, 1.82) is 0 Å². The maximum absolute atomic E-state index is 13.1. The third-order valence-electron chi connectivity index (χ3n) is 5.21. The average molecular weight is 365 g/mol. The van der Waals surface area contributed by atoms with Crippen molar-refractivity contribution < 1.29 is 13.2 Å². The molecule has 0 N–H and O–H groups in total. The van der Waals surface area contributed by atoms with E-state index in [9.17, 15) is 13.2 Å². The Morgan fingerprint density at radius 3 is 2.24 bits per heavy atom. The molecule has 0 radical (unpaired) electrons. The highest BCUT2D eigenvalue weighted by Crippen LogP contribution is 2.27. The zero-order valence-corrected chi connectivity index (χ0v) is 16.0. The molecule has 0 aromatic heterocycles. The van der Waals surface area contributed by atoms with Crippen LogP contribution in [0, 0.1) is 11.8 Å². The van der Waals surface area contributed by atoms with E-state index in [0.29, 0.717) is 43.6 Å². The Bertz CT molecular complexity index is 716. The first-order chi connectivity index (χ1) is 11.9. The first-order valence-electron chi connectivity index (χ1n) is 9.28. The second kappa shape index (κ2) is 7.46. The van der Waals surface area contributed by atoms with Gasteiger partial charge in [0.2, 0.25) is 10.0 Å². The molecule has 1 amide bonds. The number of sulfonamides is 1. The molecule has 2 fully saturated rings. The highest BCUT2D eigenvalue weighted by atomic mass is 32.2. The van der Waals surface area contributed by atoms with E-state index in [2.05, 4.69) is 13.8 Å². The lowest BCUT2D eigenvalue weighted by atomic mass is 9.91. The van der Waals surface area contributed by atoms with Crippen LogP contribution in [0.1, 0.15) is 49.9 Å². The second-order valence-corrected chi connectivity index (χ2v) is 9.52. The Labute approximate surface area is 151 Å². The van der Waals surface area contributed by atoms with Gasteiger partial charge >= 0.3 is 0 Å². The lowest BCUT2D eigenvalue weighted by Gasteiger charge is -2.35. The normalized spacial score (nSPS) is 25.8. The Kier molecular flexibility index (Phi) is 5.49. The highest BCUT2D eigenvalue weighted by molar-refractivity contribution is 7.89. The quantitative estimate of drug-likeness (QED) is 0.828. The van der Waals surface area contributed by atoms with Gasteiger partial charge in [-0.25, -0.2) is 8.42 Å². The first-order valence-corrected chi connectivity index (χ1v) is 10.7. The van der Waals surface area contributed by atoms with Crippen molar-refractivity contribution in [2.75, 3.05) is 26.2 Å². The van der Waals surface area contributed by atoms with Gasteiger partial charge in [-0.2, -0.15) is 4.31 Å². The Hall–Kier alpha value is -1.40. The van der Waals surface area contributed by atoms with Gasteiger partial charge in [-0.3, -0.25) is 4.79 Å². The standard InChI is InChI=1S/C19H28N2O3S/c1-15-12-16(2)14-20(13-15)19(22)17-8-4-5-9-18(17)25(23,24)21-10-6-3-7-11-21/h4-5,8-9,15-16H,3,6-7,10-14H2,1-2H3. The van der Waals surface area contributed by atoms with E-state index in [1.807, 2.05) is 4.90 Å². The van der Waals surface area contributed by atoms with E-state index in [1.165, 1.54) is 4.31 Å². The van der Waals surface area contributed by atoms with Crippen LogP contribution in [0.15, 0.2) is 29.2 Å². The molecule has 0 saturated carbocycles. The molecule has 138 valence electrons. The van der Waals surface area contributed by atoms with Crippen molar-refractivity contribution in [2.24, 2.45) is 11.8 Å². The van der Waals surface area contributed by atoms with E-state index in [0.717, 1.165) is 25.7 Å². The minimum atomic E-state index is -3.62. The number of hydrogen-bond acceptors (Lipinski definition) is 3. The number of hydrogen-bond donors (Lipinski definition) is 0. The molecule has 1 aromatic carbocycles. The van der Waals surface area contributed by atoms with Gasteiger partial charge in [0.15, 0.2) is 0 Å². The highest BCUT2D eigenvalue weighted by Gasteiger charge is 2.33. The maximum Gasteiger partial charge on any atom is 0.255 e. The molecular formula is C19H28N2O3S. The second-order valence-electron chi connectivity index (χ2n) is 7.62. The lowest BCUT2D eigenvalue weighted by molar-refractivity contribution is 0.0619. The molecule has 0 aliphatic carbocycles. The molecule has 25 heavy (non-hydrogen) atoms. The summed E-state index contributed by atoms with van der Waals surface area (Å²) in [6.07, 6.45) is 3.95. The third kappa shape index (κ3) is 3.90. The molecule has 0 spiro atoms. The van der Waals surface area contributed by atoms with E-state index in [4.69, 9.17) is 0 Å². The largest absolute Gasteiger partial charge is 0.338 e. The average Bonchev–Trinajstić information content (AvgIpc) is 2.61. The molecule has 0 bridgehead atoms. The van der Waals surface area contributed by atoms with Crippen LogP contribution in [0.5, 0.6) is 0 Å². The SMILES string of the molecule is CC1CC(C)CN(C(=O)c2ccccc2S(=O)(=O)N2CCCCC2)C1. The van der Waals surface area contributed by atoms with Crippen LogP contribution in [0.2, 0.25) is 0 Å². The summed E-state index contributed by atoms with van der Waals surface area (Å²) in [5, 5.41) is 0. The molecular weight excluding hydrogens is 336 g/mol. The van der Waals surface area contributed by atoms with E-state index < -0.39 is 10.0 Å². The van der Waals surface area contributed by atoms with Crippen molar-refractivity contribution >= 4 is 15.9 Å². The van der Waals surface area contributed by atoms with E-state index >= 15 is 0 Å². The fourth-order valence-corrected chi connectivity index (χ4v) is 5.81. The Morgan fingerprint density at radius 1 is 1.00 bits per heavy atom. The minimum Gasteiger partial charge on any atom is -0.338 e. The van der Waals surface area contributed by atoms with Gasteiger partial charge < -0.3 is 4.90 Å². The van der Waals surface area contributed by atoms with Gasteiger partial charge in [0.1, 0.15) is 0 Å². The van der Waals surface area contributed by atoms with Gasteiger partial charge in [-0.05, 0) is 43.2 Å². The number of benzene rings is 1. The van der Waals surface area contributed by atoms with Crippen LogP contribution >= 0.6 is 0 Å². The number of amides is 1. The summed E-state index contributed by atoms with van der Waals surface area (Å²) < 4.78 is 27.7. The van der Waals surface area contributed by atoms with Gasteiger partial charge in [0.25, 0.3) is 5.91 Å². The predicted octanol–water partition coefficient (Wildman–Crippen LogP) is 2.98. The lowest BCUT2D eigenvalue weighted by Crippen LogP contribution is -2.43. The number of carbonyl (C=O) groups is 1. The number of nitrogens with zero attached hydrogens (tertiary/aromatic N) is 2. The molecule has 2 saturated heterocycles. The van der Waals surface area contributed by atoms with E-state index in [-0.39, 0.29) is 10.8 Å². The third-order valence-corrected chi connectivity index (χ3v) is 7.16. The van der Waals surface area contributed by atoms with E-state index in [1.54, 1.807) is 24.3 Å². The summed E-state index contributed by atoms with van der Waals surface area (Å²) in [5.74, 6) is 0.728. The summed E-state index contributed by atoms with van der Waals surface area (Å²) in [6, 6.07) is 6.69. The summed E-state index contributed by atoms with van der Waals surface area (Å²) in [6.45, 7) is 6.77. The molecule has 2 atom stereocenters. The summed E-state index contributed by atoms with van der Waals surface area (Å²) in [5.41, 5.74) is 0.314. The molecule has 5 nitrogen and oxygen atoms in total.